The van der Waals surface area contributed by atoms with Crippen molar-refractivity contribution in [1.82, 2.24) is 19.7 Å². The first kappa shape index (κ1) is 17.5. The topological polar surface area (TPSA) is 90.1 Å². The molecule has 0 saturated carbocycles. The molecule has 0 unspecified atom stereocenters. The van der Waals surface area contributed by atoms with E-state index in [2.05, 4.69) is 15.2 Å². The van der Waals surface area contributed by atoms with Gasteiger partial charge in [0.2, 0.25) is 0 Å². The molecule has 0 aliphatic heterocycles. The Morgan fingerprint density at radius 1 is 1.36 bits per heavy atom. The van der Waals surface area contributed by atoms with Crippen LogP contribution in [-0.4, -0.2) is 36.6 Å². The third-order valence-corrected chi connectivity index (χ3v) is 4.75. The normalized spacial score (nSPS) is 11.0. The number of ether oxygens (including phenoxy) is 1. The molecule has 2 aromatic heterocycles. The standard InChI is InChI=1S/C16H15ClN4O3S/c1-2-21-13(19-20-16(21)25-9-14(22)23)8-24-12-6-5-11(17)10-4-3-7-18-15(10)12/h3-7H,2,8-9H2,1H3,(H,22,23). The Hall–Kier alpha value is -2.32. The molecule has 3 aromatic rings. The van der Waals surface area contributed by atoms with Crippen LogP contribution in [0.3, 0.4) is 0 Å². The minimum Gasteiger partial charge on any atom is -0.483 e. The average Bonchev–Trinajstić information content (AvgIpc) is 3.01. The molecule has 0 aliphatic rings. The number of fused-ring (bicyclic) bond motifs is 1. The van der Waals surface area contributed by atoms with E-state index < -0.39 is 5.97 Å². The van der Waals surface area contributed by atoms with E-state index in [0.717, 1.165) is 17.1 Å². The van der Waals surface area contributed by atoms with Crippen molar-refractivity contribution in [2.24, 2.45) is 0 Å². The summed E-state index contributed by atoms with van der Waals surface area (Å²) in [6.07, 6.45) is 1.68. The molecule has 1 aromatic carbocycles. The van der Waals surface area contributed by atoms with E-state index in [1.807, 2.05) is 23.6 Å². The summed E-state index contributed by atoms with van der Waals surface area (Å²) in [7, 11) is 0. The summed E-state index contributed by atoms with van der Waals surface area (Å²) in [5, 5.41) is 18.9. The molecular weight excluding hydrogens is 364 g/mol. The van der Waals surface area contributed by atoms with Crippen molar-refractivity contribution in [2.75, 3.05) is 5.75 Å². The summed E-state index contributed by atoms with van der Waals surface area (Å²) in [6.45, 7) is 2.76. The molecule has 7 nitrogen and oxygen atoms in total. The molecule has 25 heavy (non-hydrogen) atoms. The molecule has 9 heteroatoms. The maximum Gasteiger partial charge on any atom is 0.313 e. The predicted octanol–water partition coefficient (Wildman–Crippen LogP) is 3.26. The monoisotopic (exact) mass is 378 g/mol. The average molecular weight is 379 g/mol. The zero-order valence-corrected chi connectivity index (χ0v) is 14.9. The molecule has 0 spiro atoms. The van der Waals surface area contributed by atoms with Crippen molar-refractivity contribution in [3.63, 3.8) is 0 Å². The highest BCUT2D eigenvalue weighted by molar-refractivity contribution is 7.99. The molecular formula is C16H15ClN4O3S. The molecule has 0 radical (unpaired) electrons. The first-order valence-electron chi connectivity index (χ1n) is 7.53. The molecule has 0 saturated heterocycles. The van der Waals surface area contributed by atoms with Crippen LogP contribution < -0.4 is 4.74 Å². The highest BCUT2D eigenvalue weighted by atomic mass is 35.5. The Kier molecular flexibility index (Phi) is 5.40. The fraction of sp³-hybridized carbons (Fsp3) is 0.250. The number of rotatable bonds is 7. The second kappa shape index (κ2) is 7.71. The first-order chi connectivity index (χ1) is 12.1. The van der Waals surface area contributed by atoms with Gasteiger partial charge in [0.1, 0.15) is 17.9 Å². The lowest BCUT2D eigenvalue weighted by atomic mass is 10.2. The SMILES string of the molecule is CCn1c(COc2ccc(Cl)c3cccnc23)nnc1SCC(=O)O. The number of halogens is 1. The van der Waals surface area contributed by atoms with Gasteiger partial charge in [-0.3, -0.25) is 9.78 Å². The molecule has 2 heterocycles. The van der Waals surface area contributed by atoms with Crippen LogP contribution in [0, 0.1) is 0 Å². The van der Waals surface area contributed by atoms with Gasteiger partial charge in [0.05, 0.1) is 10.8 Å². The number of carbonyl (C=O) groups is 1. The van der Waals surface area contributed by atoms with Crippen LogP contribution in [0.4, 0.5) is 0 Å². The fourth-order valence-electron chi connectivity index (χ4n) is 2.35. The lowest BCUT2D eigenvalue weighted by molar-refractivity contribution is -0.133. The van der Waals surface area contributed by atoms with Crippen molar-refractivity contribution in [1.29, 1.82) is 0 Å². The van der Waals surface area contributed by atoms with Crippen molar-refractivity contribution in [2.45, 2.75) is 25.2 Å². The van der Waals surface area contributed by atoms with Crippen molar-refractivity contribution >= 4 is 40.2 Å². The maximum absolute atomic E-state index is 10.7. The number of thioether (sulfide) groups is 1. The second-order valence-corrected chi connectivity index (χ2v) is 6.41. The zero-order chi connectivity index (χ0) is 17.8. The zero-order valence-electron chi connectivity index (χ0n) is 13.3. The van der Waals surface area contributed by atoms with Gasteiger partial charge in [-0.25, -0.2) is 0 Å². The molecule has 0 atom stereocenters. The molecule has 1 N–H and O–H groups in total. The summed E-state index contributed by atoms with van der Waals surface area (Å²) in [5.41, 5.74) is 0.679. The molecule has 0 bridgehead atoms. The highest BCUT2D eigenvalue weighted by Gasteiger charge is 2.14. The van der Waals surface area contributed by atoms with Gasteiger partial charge >= 0.3 is 5.97 Å². The Morgan fingerprint density at radius 3 is 2.96 bits per heavy atom. The van der Waals surface area contributed by atoms with E-state index in [1.165, 1.54) is 0 Å². The fourth-order valence-corrected chi connectivity index (χ4v) is 3.30. The molecule has 0 aliphatic carbocycles. The van der Waals surface area contributed by atoms with Gasteiger partial charge in [0.15, 0.2) is 11.0 Å². The number of benzene rings is 1. The lowest BCUT2D eigenvalue weighted by Crippen LogP contribution is -2.08. The smallest absolute Gasteiger partial charge is 0.313 e. The van der Waals surface area contributed by atoms with E-state index in [1.54, 1.807) is 18.3 Å². The highest BCUT2D eigenvalue weighted by Crippen LogP contribution is 2.30. The van der Waals surface area contributed by atoms with Crippen molar-refractivity contribution in [3.05, 3.63) is 41.3 Å². The summed E-state index contributed by atoms with van der Waals surface area (Å²) < 4.78 is 7.70. The Bertz CT molecular complexity index is 916. The van der Waals surface area contributed by atoms with Gasteiger partial charge in [-0.1, -0.05) is 23.4 Å². The Morgan fingerprint density at radius 2 is 2.20 bits per heavy atom. The van der Waals surface area contributed by atoms with Crippen LogP contribution in [0.2, 0.25) is 5.02 Å². The molecule has 3 rings (SSSR count). The van der Waals surface area contributed by atoms with Gasteiger partial charge < -0.3 is 14.4 Å². The van der Waals surface area contributed by atoms with Gasteiger partial charge in [-0.15, -0.1) is 10.2 Å². The summed E-state index contributed by atoms with van der Waals surface area (Å²) in [6, 6.07) is 7.23. The second-order valence-electron chi connectivity index (χ2n) is 5.06. The van der Waals surface area contributed by atoms with Gasteiger partial charge in [0.25, 0.3) is 0 Å². The van der Waals surface area contributed by atoms with Crippen LogP contribution >= 0.6 is 23.4 Å². The molecule has 0 fully saturated rings. The number of aliphatic carboxylic acids is 1. The first-order valence-corrected chi connectivity index (χ1v) is 8.89. The van der Waals surface area contributed by atoms with E-state index in [4.69, 9.17) is 21.4 Å². The Balaban J connectivity index is 1.80. The number of hydrogen-bond donors (Lipinski definition) is 1. The number of pyridine rings is 1. The summed E-state index contributed by atoms with van der Waals surface area (Å²) in [4.78, 5) is 15.1. The van der Waals surface area contributed by atoms with Crippen LogP contribution in [0.1, 0.15) is 12.7 Å². The minimum atomic E-state index is -0.896. The number of carboxylic acid groups (broad SMARTS) is 1. The van der Waals surface area contributed by atoms with Crippen LogP contribution in [0.5, 0.6) is 5.75 Å². The summed E-state index contributed by atoms with van der Waals surface area (Å²) >= 11 is 7.32. The van der Waals surface area contributed by atoms with E-state index >= 15 is 0 Å². The van der Waals surface area contributed by atoms with Gasteiger partial charge in [0, 0.05) is 18.1 Å². The number of nitrogens with zero attached hydrogens (tertiary/aromatic N) is 4. The maximum atomic E-state index is 10.7. The third-order valence-electron chi connectivity index (χ3n) is 3.47. The minimum absolute atomic E-state index is 0.0647. The van der Waals surface area contributed by atoms with Gasteiger partial charge in [-0.05, 0) is 31.2 Å². The Labute approximate surface area is 153 Å². The summed E-state index contributed by atoms with van der Waals surface area (Å²) in [5.74, 6) is 0.261. The predicted molar refractivity (Wildman–Crippen MR) is 95.1 cm³/mol. The van der Waals surface area contributed by atoms with Crippen LogP contribution in [0.25, 0.3) is 10.9 Å². The van der Waals surface area contributed by atoms with E-state index in [9.17, 15) is 4.79 Å². The van der Waals surface area contributed by atoms with Crippen molar-refractivity contribution in [3.8, 4) is 5.75 Å². The van der Waals surface area contributed by atoms with Crippen LogP contribution in [0.15, 0.2) is 35.6 Å². The number of carboxylic acids is 1. The van der Waals surface area contributed by atoms with E-state index in [0.29, 0.717) is 33.8 Å². The quantitative estimate of drug-likeness (QED) is 0.631. The molecule has 0 amide bonds. The molecule has 130 valence electrons. The number of hydrogen-bond acceptors (Lipinski definition) is 6. The third kappa shape index (κ3) is 3.85. The van der Waals surface area contributed by atoms with Gasteiger partial charge in [-0.2, -0.15) is 0 Å². The number of aromatic nitrogens is 4. The largest absolute Gasteiger partial charge is 0.483 e. The van der Waals surface area contributed by atoms with Crippen molar-refractivity contribution < 1.29 is 14.6 Å². The lowest BCUT2D eigenvalue weighted by Gasteiger charge is -2.10. The van der Waals surface area contributed by atoms with Crippen LogP contribution in [-0.2, 0) is 17.9 Å². The van der Waals surface area contributed by atoms with E-state index in [-0.39, 0.29) is 12.4 Å².